The van der Waals surface area contributed by atoms with Gasteiger partial charge in [0, 0.05) is 17.8 Å². The van der Waals surface area contributed by atoms with E-state index in [1.54, 1.807) is 0 Å². The van der Waals surface area contributed by atoms with E-state index < -0.39 is 16.6 Å². The quantitative estimate of drug-likeness (QED) is 0.0721. The molecule has 0 saturated heterocycles. The van der Waals surface area contributed by atoms with E-state index in [9.17, 15) is 25.1 Å². The van der Waals surface area contributed by atoms with Gasteiger partial charge in [-0.25, -0.2) is 0 Å². The molecular formula is C24H40NO5P. The monoisotopic (exact) mass is 453 g/mol. The first-order valence-electron chi connectivity index (χ1n) is 11.8. The van der Waals surface area contributed by atoms with Crippen molar-refractivity contribution in [1.29, 1.82) is 0 Å². The number of nitro groups is 1. The second kappa shape index (κ2) is 15.4. The minimum atomic E-state index is -2.38. The summed E-state index contributed by atoms with van der Waals surface area (Å²) in [5.74, 6) is -4.06. The SMILES string of the molecule is CCCCCCCCC=CCCCCCCCC(=O)C1C(P)=C([N+](=O)[O-])C=CC1(O)O. The number of aliphatic hydroxyl groups is 2. The van der Waals surface area contributed by atoms with Gasteiger partial charge in [0.05, 0.1) is 4.92 Å². The zero-order valence-corrected chi connectivity index (χ0v) is 20.1. The Hall–Kier alpha value is -1.36. The van der Waals surface area contributed by atoms with Crippen molar-refractivity contribution in [2.45, 2.75) is 103 Å². The van der Waals surface area contributed by atoms with Gasteiger partial charge < -0.3 is 10.2 Å². The summed E-state index contributed by atoms with van der Waals surface area (Å²) in [6.45, 7) is 2.24. The van der Waals surface area contributed by atoms with E-state index in [1.165, 1.54) is 44.9 Å². The van der Waals surface area contributed by atoms with Crippen LogP contribution in [0, 0.1) is 16.0 Å². The first-order chi connectivity index (χ1) is 14.8. The number of hydrogen-bond donors (Lipinski definition) is 2. The molecule has 176 valence electrons. The number of allylic oxidation sites excluding steroid dienone is 3. The maximum atomic E-state index is 12.5. The highest BCUT2D eigenvalue weighted by Crippen LogP contribution is 2.37. The van der Waals surface area contributed by atoms with Crippen molar-refractivity contribution in [2.75, 3.05) is 0 Å². The standard InChI is InChI=1S/C24H40NO5P/c1-2-3-4-5-6-7-8-9-10-11-12-13-14-15-16-17-21(26)22-23(31)20(25(29)30)18-19-24(22,27)28/h9-10,18-19,22,27-28H,2-8,11-17,31H2,1H3. The molecule has 0 aliphatic heterocycles. The Morgan fingerprint density at radius 2 is 1.55 bits per heavy atom. The van der Waals surface area contributed by atoms with Crippen LogP contribution in [0.5, 0.6) is 0 Å². The van der Waals surface area contributed by atoms with Gasteiger partial charge in [-0.1, -0.05) is 70.4 Å². The molecule has 0 aromatic heterocycles. The molecule has 1 aliphatic rings. The summed E-state index contributed by atoms with van der Waals surface area (Å²) in [6.07, 6.45) is 21.7. The van der Waals surface area contributed by atoms with Gasteiger partial charge in [-0.2, -0.15) is 0 Å². The number of Topliss-reactive ketones (excluding diaryl/α,β-unsaturated/α-hetero) is 1. The average molecular weight is 454 g/mol. The fourth-order valence-corrected chi connectivity index (χ4v) is 4.49. The number of ketones is 1. The lowest BCUT2D eigenvalue weighted by Crippen LogP contribution is -2.43. The van der Waals surface area contributed by atoms with Crippen LogP contribution in [0.15, 0.2) is 35.3 Å². The van der Waals surface area contributed by atoms with E-state index in [1.807, 2.05) is 0 Å². The van der Waals surface area contributed by atoms with E-state index in [-0.39, 0.29) is 23.2 Å². The van der Waals surface area contributed by atoms with Gasteiger partial charge >= 0.3 is 0 Å². The van der Waals surface area contributed by atoms with Crippen molar-refractivity contribution < 1.29 is 19.9 Å². The molecule has 0 fully saturated rings. The Morgan fingerprint density at radius 1 is 1.03 bits per heavy atom. The summed E-state index contributed by atoms with van der Waals surface area (Å²) in [5.41, 5.74) is -0.272. The molecule has 6 nitrogen and oxygen atoms in total. The molecule has 2 atom stereocenters. The van der Waals surface area contributed by atoms with Crippen molar-refractivity contribution in [3.05, 3.63) is 45.4 Å². The molecule has 1 aliphatic carbocycles. The second-order valence-electron chi connectivity index (χ2n) is 8.45. The molecule has 0 amide bonds. The van der Waals surface area contributed by atoms with E-state index in [0.29, 0.717) is 6.42 Å². The van der Waals surface area contributed by atoms with E-state index in [0.717, 1.165) is 44.3 Å². The van der Waals surface area contributed by atoms with Crippen LogP contribution in [-0.2, 0) is 4.79 Å². The Balaban J connectivity index is 2.15. The third-order valence-corrected chi connectivity index (χ3v) is 6.35. The van der Waals surface area contributed by atoms with Crippen LogP contribution in [-0.4, -0.2) is 26.7 Å². The average Bonchev–Trinajstić information content (AvgIpc) is 2.70. The zero-order chi connectivity index (χ0) is 23.1. The molecule has 0 bridgehead atoms. The smallest absolute Gasteiger partial charge is 0.273 e. The largest absolute Gasteiger partial charge is 0.362 e. The molecule has 1 rings (SSSR count). The normalized spacial score (nSPS) is 18.1. The highest BCUT2D eigenvalue weighted by molar-refractivity contribution is 7.22. The lowest BCUT2D eigenvalue weighted by molar-refractivity contribution is -0.420. The van der Waals surface area contributed by atoms with Crippen LogP contribution in [0.4, 0.5) is 0 Å². The van der Waals surface area contributed by atoms with Crippen LogP contribution in [0.2, 0.25) is 0 Å². The third-order valence-electron chi connectivity index (χ3n) is 5.72. The number of carbonyl (C=O) groups is 1. The van der Waals surface area contributed by atoms with Gasteiger partial charge in [0.2, 0.25) is 0 Å². The topological polar surface area (TPSA) is 101 Å². The fraction of sp³-hybridized carbons (Fsp3) is 0.708. The van der Waals surface area contributed by atoms with Crippen molar-refractivity contribution in [1.82, 2.24) is 0 Å². The van der Waals surface area contributed by atoms with Crippen LogP contribution < -0.4 is 0 Å². The predicted octanol–water partition coefficient (Wildman–Crippen LogP) is 5.82. The number of nitrogens with zero attached hydrogens (tertiary/aromatic N) is 1. The van der Waals surface area contributed by atoms with Gasteiger partial charge in [-0.05, 0) is 38.2 Å². The van der Waals surface area contributed by atoms with Crippen molar-refractivity contribution in [3.63, 3.8) is 0 Å². The zero-order valence-electron chi connectivity index (χ0n) is 18.9. The number of carbonyl (C=O) groups excluding carboxylic acids is 1. The van der Waals surface area contributed by atoms with Crippen LogP contribution in [0.25, 0.3) is 0 Å². The Bertz CT molecular complexity index is 654. The Kier molecular flexibility index (Phi) is 13.8. The van der Waals surface area contributed by atoms with Crippen molar-refractivity contribution in [2.24, 2.45) is 5.92 Å². The first-order valence-corrected chi connectivity index (χ1v) is 12.3. The molecule has 7 heteroatoms. The van der Waals surface area contributed by atoms with Crippen LogP contribution >= 0.6 is 9.24 Å². The molecule has 31 heavy (non-hydrogen) atoms. The molecule has 0 spiro atoms. The lowest BCUT2D eigenvalue weighted by atomic mass is 9.86. The van der Waals surface area contributed by atoms with E-state index in [2.05, 4.69) is 28.3 Å². The Morgan fingerprint density at radius 3 is 2.10 bits per heavy atom. The predicted molar refractivity (Wildman–Crippen MR) is 128 cm³/mol. The maximum absolute atomic E-state index is 12.5. The Labute approximate surface area is 189 Å². The molecule has 2 N–H and O–H groups in total. The molecule has 0 heterocycles. The van der Waals surface area contributed by atoms with Crippen molar-refractivity contribution in [3.8, 4) is 0 Å². The summed E-state index contributed by atoms with van der Waals surface area (Å²) in [7, 11) is 2.13. The van der Waals surface area contributed by atoms with Gasteiger partial charge in [0.15, 0.2) is 5.79 Å². The highest BCUT2D eigenvalue weighted by Gasteiger charge is 2.44. The molecule has 0 aromatic carbocycles. The lowest BCUT2D eigenvalue weighted by Gasteiger charge is -2.30. The van der Waals surface area contributed by atoms with Crippen molar-refractivity contribution >= 4 is 15.0 Å². The summed E-state index contributed by atoms with van der Waals surface area (Å²) >= 11 is 0. The van der Waals surface area contributed by atoms with Gasteiger partial charge in [-0.3, -0.25) is 14.9 Å². The first kappa shape index (κ1) is 27.7. The van der Waals surface area contributed by atoms with E-state index in [4.69, 9.17) is 0 Å². The molecular weight excluding hydrogens is 413 g/mol. The second-order valence-corrected chi connectivity index (χ2v) is 9.07. The van der Waals surface area contributed by atoms with Crippen LogP contribution in [0.1, 0.15) is 96.8 Å². The maximum Gasteiger partial charge on any atom is 0.273 e. The molecule has 0 saturated carbocycles. The number of unbranched alkanes of at least 4 members (excludes halogenated alkanes) is 11. The van der Waals surface area contributed by atoms with Gasteiger partial charge in [0.25, 0.3) is 5.70 Å². The van der Waals surface area contributed by atoms with Gasteiger partial charge in [-0.15, -0.1) is 9.24 Å². The molecule has 2 unspecified atom stereocenters. The van der Waals surface area contributed by atoms with Gasteiger partial charge in [0.1, 0.15) is 11.7 Å². The number of rotatable bonds is 17. The molecule has 0 aromatic rings. The minimum Gasteiger partial charge on any atom is -0.362 e. The fourth-order valence-electron chi connectivity index (χ4n) is 3.86. The summed E-state index contributed by atoms with van der Waals surface area (Å²) in [5, 5.41) is 31.2. The minimum absolute atomic E-state index is 0.0234. The summed E-state index contributed by atoms with van der Waals surface area (Å²) in [4.78, 5) is 22.9. The third kappa shape index (κ3) is 10.7. The summed E-state index contributed by atoms with van der Waals surface area (Å²) < 4.78 is 0. The number of hydrogen-bond acceptors (Lipinski definition) is 5. The molecule has 0 radical (unpaired) electrons. The van der Waals surface area contributed by atoms with E-state index >= 15 is 0 Å². The highest BCUT2D eigenvalue weighted by atomic mass is 31.0. The summed E-state index contributed by atoms with van der Waals surface area (Å²) in [6, 6.07) is 0. The van der Waals surface area contributed by atoms with Crippen LogP contribution in [0.3, 0.4) is 0 Å².